The van der Waals surface area contributed by atoms with Crippen LogP contribution in [0.4, 0.5) is 0 Å². The summed E-state index contributed by atoms with van der Waals surface area (Å²) in [6.07, 6.45) is 1.86. The van der Waals surface area contributed by atoms with Crippen LogP contribution in [0, 0.1) is 6.92 Å². The van der Waals surface area contributed by atoms with Gasteiger partial charge in [-0.1, -0.05) is 23.2 Å². The average Bonchev–Trinajstić information content (AvgIpc) is 2.98. The predicted molar refractivity (Wildman–Crippen MR) is 78.6 cm³/mol. The third-order valence-corrected chi connectivity index (χ3v) is 3.47. The van der Waals surface area contributed by atoms with Crippen LogP contribution in [-0.2, 0) is 0 Å². The second-order valence-corrected chi connectivity index (χ2v) is 5.11. The molecule has 5 heteroatoms. The number of aromatic amines is 2. The fraction of sp³-hybridized carbons (Fsp3) is 0.0714. The number of benzene rings is 1. The molecule has 1 aromatic carbocycles. The molecule has 96 valence electrons. The number of rotatable bonds is 2. The van der Waals surface area contributed by atoms with Gasteiger partial charge in [0.25, 0.3) is 0 Å². The summed E-state index contributed by atoms with van der Waals surface area (Å²) in [5.74, 6) is 0.795. The Morgan fingerprint density at radius 1 is 1.16 bits per heavy atom. The van der Waals surface area contributed by atoms with Gasteiger partial charge in [-0.05, 0) is 37.3 Å². The first-order valence-electron chi connectivity index (χ1n) is 5.81. The quantitative estimate of drug-likeness (QED) is 0.707. The molecule has 2 aromatic heterocycles. The van der Waals surface area contributed by atoms with Gasteiger partial charge in [0, 0.05) is 22.5 Å². The molecule has 2 heterocycles. The molecule has 0 saturated heterocycles. The minimum Gasteiger partial charge on any atom is -0.359 e. The van der Waals surface area contributed by atoms with E-state index in [0.29, 0.717) is 10.0 Å². The van der Waals surface area contributed by atoms with Crippen molar-refractivity contribution in [2.75, 3.05) is 0 Å². The fourth-order valence-corrected chi connectivity index (χ4v) is 2.51. The summed E-state index contributed by atoms with van der Waals surface area (Å²) in [4.78, 5) is 11.0. The van der Waals surface area contributed by atoms with Crippen molar-refractivity contribution in [3.05, 3.63) is 52.3 Å². The Bertz CT molecular complexity index is 714. The van der Waals surface area contributed by atoms with Crippen LogP contribution in [0.5, 0.6) is 0 Å². The lowest BCUT2D eigenvalue weighted by Gasteiger charge is -2.02. The summed E-state index contributed by atoms with van der Waals surface area (Å²) in [5, 5.41) is 1.21. The Morgan fingerprint density at radius 2 is 2.00 bits per heavy atom. The molecule has 0 atom stereocenters. The number of hydrogen-bond acceptors (Lipinski definition) is 1. The number of nitrogens with one attached hydrogen (secondary N) is 2. The minimum absolute atomic E-state index is 0.597. The Labute approximate surface area is 120 Å². The molecule has 0 saturated carbocycles. The van der Waals surface area contributed by atoms with Crippen molar-refractivity contribution >= 4 is 23.2 Å². The van der Waals surface area contributed by atoms with Crippen LogP contribution in [0.1, 0.15) is 5.69 Å². The maximum atomic E-state index is 6.22. The van der Waals surface area contributed by atoms with Gasteiger partial charge in [-0.15, -0.1) is 0 Å². The average molecular weight is 292 g/mol. The molecule has 2 N–H and O–H groups in total. The minimum atomic E-state index is 0.597. The van der Waals surface area contributed by atoms with E-state index < -0.39 is 0 Å². The number of halogens is 2. The smallest absolute Gasteiger partial charge is 0.154 e. The van der Waals surface area contributed by atoms with E-state index in [1.807, 2.05) is 37.4 Å². The molecule has 3 nitrogen and oxygen atoms in total. The molecule has 3 rings (SSSR count). The summed E-state index contributed by atoms with van der Waals surface area (Å²) >= 11 is 12.1. The zero-order chi connectivity index (χ0) is 13.4. The lowest BCUT2D eigenvalue weighted by molar-refractivity contribution is 1.22. The number of imidazole rings is 1. The van der Waals surface area contributed by atoms with Gasteiger partial charge in [0.2, 0.25) is 0 Å². The first kappa shape index (κ1) is 12.3. The predicted octanol–water partition coefficient (Wildman–Crippen LogP) is 4.69. The molecular formula is C14H11Cl2N3. The van der Waals surface area contributed by atoms with E-state index in [2.05, 4.69) is 15.0 Å². The Kier molecular flexibility index (Phi) is 3.09. The Balaban J connectivity index is 2.11. The van der Waals surface area contributed by atoms with Crippen molar-refractivity contribution in [1.29, 1.82) is 0 Å². The highest BCUT2D eigenvalue weighted by Gasteiger charge is 2.13. The van der Waals surface area contributed by atoms with Gasteiger partial charge in [0.05, 0.1) is 16.4 Å². The highest BCUT2D eigenvalue weighted by atomic mass is 35.5. The number of aromatic nitrogens is 3. The zero-order valence-electron chi connectivity index (χ0n) is 10.2. The number of hydrogen-bond donors (Lipinski definition) is 2. The molecule has 3 aromatic rings. The van der Waals surface area contributed by atoms with Crippen LogP contribution in [0.15, 0.2) is 36.5 Å². The fourth-order valence-electron chi connectivity index (χ4n) is 2.01. The van der Waals surface area contributed by atoms with Crippen molar-refractivity contribution in [3.8, 4) is 22.8 Å². The van der Waals surface area contributed by atoms with Gasteiger partial charge in [0.1, 0.15) is 0 Å². The van der Waals surface area contributed by atoms with E-state index in [0.717, 1.165) is 28.5 Å². The molecule has 0 spiro atoms. The Morgan fingerprint density at radius 3 is 2.68 bits per heavy atom. The summed E-state index contributed by atoms with van der Waals surface area (Å²) in [6.45, 7) is 1.97. The van der Waals surface area contributed by atoms with E-state index in [4.69, 9.17) is 23.2 Å². The summed E-state index contributed by atoms with van der Waals surface area (Å²) in [5.41, 5.74) is 3.62. The SMILES string of the molecule is Cc1[nH]c(-c2ccc[nH]2)nc1-c1ccc(Cl)cc1Cl. The normalized spacial score (nSPS) is 10.9. The molecule has 0 fully saturated rings. The van der Waals surface area contributed by atoms with Crippen molar-refractivity contribution in [2.45, 2.75) is 6.92 Å². The lowest BCUT2D eigenvalue weighted by atomic mass is 10.1. The van der Waals surface area contributed by atoms with Crippen molar-refractivity contribution in [2.24, 2.45) is 0 Å². The van der Waals surface area contributed by atoms with Crippen LogP contribution >= 0.6 is 23.2 Å². The third-order valence-electron chi connectivity index (χ3n) is 2.92. The summed E-state index contributed by atoms with van der Waals surface area (Å²) < 4.78 is 0. The second kappa shape index (κ2) is 4.76. The highest BCUT2D eigenvalue weighted by molar-refractivity contribution is 6.36. The van der Waals surface area contributed by atoms with Gasteiger partial charge in [-0.2, -0.15) is 0 Å². The second-order valence-electron chi connectivity index (χ2n) is 4.27. The lowest BCUT2D eigenvalue weighted by Crippen LogP contribution is -1.83. The molecule has 0 aliphatic rings. The third kappa shape index (κ3) is 2.27. The number of nitrogens with zero attached hydrogens (tertiary/aromatic N) is 1. The molecule has 0 unspecified atom stereocenters. The molecule has 0 amide bonds. The van der Waals surface area contributed by atoms with Gasteiger partial charge in [-0.3, -0.25) is 0 Å². The monoisotopic (exact) mass is 291 g/mol. The van der Waals surface area contributed by atoms with Crippen LogP contribution in [0.3, 0.4) is 0 Å². The van der Waals surface area contributed by atoms with Gasteiger partial charge < -0.3 is 9.97 Å². The Hall–Kier alpha value is -1.71. The van der Waals surface area contributed by atoms with Gasteiger partial charge >= 0.3 is 0 Å². The largest absolute Gasteiger partial charge is 0.359 e. The maximum absolute atomic E-state index is 6.22. The molecule has 0 aliphatic heterocycles. The highest BCUT2D eigenvalue weighted by Crippen LogP contribution is 2.32. The van der Waals surface area contributed by atoms with Crippen LogP contribution in [0.25, 0.3) is 22.8 Å². The standard InChI is InChI=1S/C14H11Cl2N3/c1-8-13(10-5-4-9(15)7-11(10)16)19-14(18-8)12-3-2-6-17-12/h2-7,17H,1H3,(H,18,19). The van der Waals surface area contributed by atoms with Crippen molar-refractivity contribution in [1.82, 2.24) is 15.0 Å². The molecule has 0 bridgehead atoms. The topological polar surface area (TPSA) is 44.5 Å². The van der Waals surface area contributed by atoms with Crippen LogP contribution in [0.2, 0.25) is 10.0 Å². The number of H-pyrrole nitrogens is 2. The van der Waals surface area contributed by atoms with Gasteiger partial charge in [0.15, 0.2) is 5.82 Å². The maximum Gasteiger partial charge on any atom is 0.154 e. The number of aryl methyl sites for hydroxylation is 1. The zero-order valence-corrected chi connectivity index (χ0v) is 11.7. The van der Waals surface area contributed by atoms with E-state index in [9.17, 15) is 0 Å². The molecule has 0 aliphatic carbocycles. The summed E-state index contributed by atoms with van der Waals surface area (Å²) in [6, 6.07) is 9.31. The summed E-state index contributed by atoms with van der Waals surface area (Å²) in [7, 11) is 0. The van der Waals surface area contributed by atoms with E-state index in [-0.39, 0.29) is 0 Å². The van der Waals surface area contributed by atoms with Crippen molar-refractivity contribution < 1.29 is 0 Å². The van der Waals surface area contributed by atoms with Crippen molar-refractivity contribution in [3.63, 3.8) is 0 Å². The van der Waals surface area contributed by atoms with E-state index >= 15 is 0 Å². The molecule has 19 heavy (non-hydrogen) atoms. The van der Waals surface area contributed by atoms with Gasteiger partial charge in [-0.25, -0.2) is 4.98 Å². The molecule has 0 radical (unpaired) electrons. The molecular weight excluding hydrogens is 281 g/mol. The van der Waals surface area contributed by atoms with E-state index in [1.165, 1.54) is 0 Å². The first-order valence-corrected chi connectivity index (χ1v) is 6.56. The first-order chi connectivity index (χ1) is 9.15. The van der Waals surface area contributed by atoms with E-state index in [1.54, 1.807) is 6.07 Å². The van der Waals surface area contributed by atoms with Crippen LogP contribution < -0.4 is 0 Å². The van der Waals surface area contributed by atoms with Crippen LogP contribution in [-0.4, -0.2) is 15.0 Å².